The van der Waals surface area contributed by atoms with Crippen LogP contribution in [0.1, 0.15) is 40.0 Å². The summed E-state index contributed by atoms with van der Waals surface area (Å²) >= 11 is 5.89. The Bertz CT molecular complexity index is 482. The first-order valence-corrected chi connectivity index (χ1v) is 7.66. The molecule has 20 heavy (non-hydrogen) atoms. The zero-order valence-corrected chi connectivity index (χ0v) is 13.3. The number of nitrogen functional groups attached to an aromatic ring is 1. The van der Waals surface area contributed by atoms with Crippen molar-refractivity contribution in [2.45, 2.75) is 40.0 Å². The minimum absolute atomic E-state index is 0.144. The summed E-state index contributed by atoms with van der Waals surface area (Å²) in [6.45, 7) is 8.82. The molecule has 2 rings (SSSR count). The Morgan fingerprint density at radius 1 is 1.25 bits per heavy atom. The number of hydrogen-bond donors (Lipinski definition) is 1. The molecule has 0 amide bonds. The van der Waals surface area contributed by atoms with E-state index in [1.807, 2.05) is 0 Å². The molecule has 1 aliphatic heterocycles. The van der Waals surface area contributed by atoms with Crippen LogP contribution in [0.25, 0.3) is 0 Å². The maximum atomic E-state index is 13.4. The highest BCUT2D eigenvalue weighted by Crippen LogP contribution is 2.37. The molecule has 2 nitrogen and oxygen atoms in total. The molecule has 0 spiro atoms. The first-order chi connectivity index (χ1) is 9.29. The van der Waals surface area contributed by atoms with Crippen molar-refractivity contribution in [3.8, 4) is 0 Å². The molecule has 1 saturated heterocycles. The molecular formula is C16H24ClFN2. The highest BCUT2D eigenvalue weighted by molar-refractivity contribution is 6.31. The summed E-state index contributed by atoms with van der Waals surface area (Å²) in [5.41, 5.74) is 7.63. The quantitative estimate of drug-likeness (QED) is 0.761. The van der Waals surface area contributed by atoms with Crippen molar-refractivity contribution in [1.29, 1.82) is 0 Å². The van der Waals surface area contributed by atoms with Gasteiger partial charge in [-0.2, -0.15) is 0 Å². The van der Waals surface area contributed by atoms with Crippen LogP contribution in [-0.4, -0.2) is 13.1 Å². The van der Waals surface area contributed by atoms with Gasteiger partial charge in [0.1, 0.15) is 5.82 Å². The van der Waals surface area contributed by atoms with Crippen LogP contribution in [0.15, 0.2) is 12.1 Å². The van der Waals surface area contributed by atoms with Crippen LogP contribution < -0.4 is 10.6 Å². The highest BCUT2D eigenvalue weighted by atomic mass is 35.5. The second-order valence-electron chi connectivity index (χ2n) is 6.81. The van der Waals surface area contributed by atoms with Gasteiger partial charge in [-0.15, -0.1) is 0 Å². The lowest BCUT2D eigenvalue weighted by Crippen LogP contribution is -2.26. The summed E-state index contributed by atoms with van der Waals surface area (Å²) in [4.78, 5) is 2.24. The van der Waals surface area contributed by atoms with E-state index in [4.69, 9.17) is 17.3 Å². The maximum Gasteiger partial charge on any atom is 0.143 e. The Labute approximate surface area is 126 Å². The van der Waals surface area contributed by atoms with Crippen LogP contribution in [0.3, 0.4) is 0 Å². The summed E-state index contributed by atoms with van der Waals surface area (Å²) < 4.78 is 13.4. The molecule has 0 radical (unpaired) electrons. The molecule has 2 N–H and O–H groups in total. The second-order valence-corrected chi connectivity index (χ2v) is 7.21. The van der Waals surface area contributed by atoms with E-state index in [0.29, 0.717) is 17.0 Å². The van der Waals surface area contributed by atoms with Crippen molar-refractivity contribution in [3.63, 3.8) is 0 Å². The van der Waals surface area contributed by atoms with Gasteiger partial charge in [0.25, 0.3) is 0 Å². The number of nitrogens with two attached hydrogens (primary N) is 1. The van der Waals surface area contributed by atoms with Crippen LogP contribution in [0.5, 0.6) is 0 Å². The van der Waals surface area contributed by atoms with E-state index in [2.05, 4.69) is 25.7 Å². The summed E-state index contributed by atoms with van der Waals surface area (Å²) in [6.07, 6.45) is 3.50. The molecule has 112 valence electrons. The van der Waals surface area contributed by atoms with Gasteiger partial charge in [0.15, 0.2) is 0 Å². The van der Waals surface area contributed by atoms with Crippen molar-refractivity contribution in [1.82, 2.24) is 0 Å². The summed E-state index contributed by atoms with van der Waals surface area (Å²) in [5, 5.41) is 0.144. The molecule has 1 unspecified atom stereocenters. The zero-order valence-electron chi connectivity index (χ0n) is 12.5. The normalized spacial score (nSPS) is 20.9. The number of anilines is 2. The second kappa shape index (κ2) is 5.80. The van der Waals surface area contributed by atoms with E-state index < -0.39 is 5.82 Å². The summed E-state index contributed by atoms with van der Waals surface area (Å²) in [5.74, 6) is 0.264. The van der Waals surface area contributed by atoms with E-state index in [1.165, 1.54) is 12.5 Å². The Kier molecular flexibility index (Phi) is 4.48. The van der Waals surface area contributed by atoms with Crippen molar-refractivity contribution in [2.24, 2.45) is 11.3 Å². The molecule has 0 bridgehead atoms. The van der Waals surface area contributed by atoms with E-state index in [0.717, 1.165) is 31.6 Å². The van der Waals surface area contributed by atoms with Crippen molar-refractivity contribution in [2.75, 3.05) is 23.7 Å². The Hall–Kier alpha value is -0.960. The lowest BCUT2D eigenvalue weighted by molar-refractivity contribution is 0.220. The smallest absolute Gasteiger partial charge is 0.143 e. The van der Waals surface area contributed by atoms with Gasteiger partial charge in [-0.1, -0.05) is 32.4 Å². The van der Waals surface area contributed by atoms with Gasteiger partial charge in [0.05, 0.1) is 16.4 Å². The maximum absolute atomic E-state index is 13.4. The van der Waals surface area contributed by atoms with Crippen molar-refractivity contribution in [3.05, 3.63) is 23.0 Å². The van der Waals surface area contributed by atoms with Gasteiger partial charge < -0.3 is 10.6 Å². The Balaban J connectivity index is 2.17. The molecule has 1 heterocycles. The zero-order chi connectivity index (χ0) is 14.9. The minimum atomic E-state index is -0.449. The fourth-order valence-corrected chi connectivity index (χ4v) is 3.19. The van der Waals surface area contributed by atoms with Gasteiger partial charge in [0.2, 0.25) is 0 Å². The first-order valence-electron chi connectivity index (χ1n) is 7.28. The summed E-state index contributed by atoms with van der Waals surface area (Å²) in [7, 11) is 0. The molecule has 1 aromatic carbocycles. The average molecular weight is 299 g/mol. The van der Waals surface area contributed by atoms with Crippen LogP contribution >= 0.6 is 11.6 Å². The van der Waals surface area contributed by atoms with Gasteiger partial charge in [0, 0.05) is 19.2 Å². The highest BCUT2D eigenvalue weighted by Gasteiger charge is 2.27. The van der Waals surface area contributed by atoms with Gasteiger partial charge in [-0.05, 0) is 36.7 Å². The molecule has 0 aromatic heterocycles. The number of halogens is 2. The predicted molar refractivity (Wildman–Crippen MR) is 84.8 cm³/mol. The third kappa shape index (κ3) is 3.38. The lowest BCUT2D eigenvalue weighted by atomic mass is 9.77. The fourth-order valence-electron chi connectivity index (χ4n) is 3.03. The van der Waals surface area contributed by atoms with Gasteiger partial charge in [-0.3, -0.25) is 0 Å². The molecule has 0 saturated carbocycles. The van der Waals surface area contributed by atoms with E-state index in [1.54, 1.807) is 6.07 Å². The third-order valence-electron chi connectivity index (χ3n) is 4.36. The monoisotopic (exact) mass is 298 g/mol. The number of benzene rings is 1. The third-order valence-corrected chi connectivity index (χ3v) is 4.65. The van der Waals surface area contributed by atoms with Crippen molar-refractivity contribution < 1.29 is 4.39 Å². The van der Waals surface area contributed by atoms with Crippen LogP contribution in [0.2, 0.25) is 5.02 Å². The average Bonchev–Trinajstić information content (AvgIpc) is 2.59. The SMILES string of the molecule is CC(C)(C)C1CCCN(c2cc(Cl)c(F)cc2N)CC1. The molecule has 1 aromatic rings. The number of rotatable bonds is 1. The van der Waals surface area contributed by atoms with E-state index >= 15 is 0 Å². The molecule has 1 fully saturated rings. The van der Waals surface area contributed by atoms with E-state index in [-0.39, 0.29) is 5.02 Å². The molecular weight excluding hydrogens is 275 g/mol. The summed E-state index contributed by atoms with van der Waals surface area (Å²) in [6, 6.07) is 2.98. The Morgan fingerprint density at radius 2 is 1.95 bits per heavy atom. The predicted octanol–water partition coefficient (Wildman–Crippen LogP) is 4.71. The van der Waals surface area contributed by atoms with Gasteiger partial charge in [-0.25, -0.2) is 4.39 Å². The standard InChI is InChI=1S/C16H24ClFN2/c1-16(2,3)11-5-4-7-20(8-6-11)15-9-12(17)13(18)10-14(15)19/h9-11H,4-8,19H2,1-3H3. The Morgan fingerprint density at radius 3 is 2.60 bits per heavy atom. The topological polar surface area (TPSA) is 29.3 Å². The van der Waals surface area contributed by atoms with E-state index in [9.17, 15) is 4.39 Å². The van der Waals surface area contributed by atoms with Crippen LogP contribution in [0.4, 0.5) is 15.8 Å². The van der Waals surface area contributed by atoms with Crippen LogP contribution in [0, 0.1) is 17.2 Å². The van der Waals surface area contributed by atoms with Gasteiger partial charge >= 0.3 is 0 Å². The largest absolute Gasteiger partial charge is 0.397 e. The van der Waals surface area contributed by atoms with Crippen molar-refractivity contribution >= 4 is 23.0 Å². The molecule has 4 heteroatoms. The number of hydrogen-bond acceptors (Lipinski definition) is 2. The fraction of sp³-hybridized carbons (Fsp3) is 0.625. The number of nitrogens with zero attached hydrogens (tertiary/aromatic N) is 1. The molecule has 1 atom stereocenters. The molecule has 0 aliphatic carbocycles. The lowest BCUT2D eigenvalue weighted by Gasteiger charge is -2.30. The minimum Gasteiger partial charge on any atom is -0.397 e. The molecule has 1 aliphatic rings. The first kappa shape index (κ1) is 15.4. The van der Waals surface area contributed by atoms with Crippen LogP contribution in [-0.2, 0) is 0 Å².